The first-order valence-electron chi connectivity index (χ1n) is 7.66. The minimum atomic E-state index is -3.07. The quantitative estimate of drug-likeness (QED) is 0.857. The van der Waals surface area contributed by atoms with Crippen LogP contribution in [0.25, 0.3) is 0 Å². The molecule has 23 heavy (non-hydrogen) atoms. The standard InChI is InChI=1S/C16H22N2O4S/c1-23(21,22)12-9-17-15(19)13-7-10-18(11-8-13)16(20)14-5-3-2-4-6-14/h2-6,13H,7-12H2,1H3,(H,17,19). The van der Waals surface area contributed by atoms with E-state index >= 15 is 0 Å². The number of carbonyl (C=O) groups excluding carboxylic acids is 2. The maximum absolute atomic E-state index is 12.3. The van der Waals surface area contributed by atoms with Crippen molar-refractivity contribution in [3.63, 3.8) is 0 Å². The largest absolute Gasteiger partial charge is 0.355 e. The molecule has 1 aromatic carbocycles. The number of carbonyl (C=O) groups is 2. The van der Waals surface area contributed by atoms with Crippen LogP contribution in [0, 0.1) is 5.92 Å². The number of nitrogens with one attached hydrogen (secondary N) is 1. The van der Waals surface area contributed by atoms with Crippen LogP contribution in [-0.4, -0.2) is 56.8 Å². The molecule has 0 unspecified atom stereocenters. The van der Waals surface area contributed by atoms with E-state index in [0.29, 0.717) is 31.5 Å². The minimum Gasteiger partial charge on any atom is -0.355 e. The van der Waals surface area contributed by atoms with Gasteiger partial charge in [0.25, 0.3) is 5.91 Å². The number of hydrogen-bond acceptors (Lipinski definition) is 4. The predicted octanol–water partition coefficient (Wildman–Crippen LogP) is 0.700. The van der Waals surface area contributed by atoms with Gasteiger partial charge in [-0.2, -0.15) is 0 Å². The van der Waals surface area contributed by atoms with Crippen molar-refractivity contribution in [3.8, 4) is 0 Å². The van der Waals surface area contributed by atoms with Crippen molar-refractivity contribution in [3.05, 3.63) is 35.9 Å². The summed E-state index contributed by atoms with van der Waals surface area (Å²) in [4.78, 5) is 26.1. The lowest BCUT2D eigenvalue weighted by Gasteiger charge is -2.31. The van der Waals surface area contributed by atoms with E-state index in [1.807, 2.05) is 18.2 Å². The summed E-state index contributed by atoms with van der Waals surface area (Å²) >= 11 is 0. The maximum atomic E-state index is 12.3. The average molecular weight is 338 g/mol. The first kappa shape index (κ1) is 17.5. The Morgan fingerprint density at radius 1 is 1.17 bits per heavy atom. The van der Waals surface area contributed by atoms with Crippen LogP contribution in [0.15, 0.2) is 30.3 Å². The van der Waals surface area contributed by atoms with Crippen molar-refractivity contribution in [1.29, 1.82) is 0 Å². The van der Waals surface area contributed by atoms with Crippen molar-refractivity contribution in [2.75, 3.05) is 31.6 Å². The number of rotatable bonds is 5. The highest BCUT2D eigenvalue weighted by molar-refractivity contribution is 7.90. The van der Waals surface area contributed by atoms with E-state index in [4.69, 9.17) is 0 Å². The number of sulfone groups is 1. The lowest BCUT2D eigenvalue weighted by atomic mass is 9.95. The van der Waals surface area contributed by atoms with Gasteiger partial charge in [0.1, 0.15) is 9.84 Å². The van der Waals surface area contributed by atoms with Crippen molar-refractivity contribution < 1.29 is 18.0 Å². The SMILES string of the molecule is CS(=O)(=O)CCNC(=O)C1CCN(C(=O)c2ccccc2)CC1. The summed E-state index contributed by atoms with van der Waals surface area (Å²) < 4.78 is 22.1. The molecule has 2 rings (SSSR count). The minimum absolute atomic E-state index is 0.0125. The molecule has 0 spiro atoms. The smallest absolute Gasteiger partial charge is 0.253 e. The van der Waals surface area contributed by atoms with Crippen molar-refractivity contribution >= 4 is 21.7 Å². The molecule has 1 saturated heterocycles. The molecule has 126 valence electrons. The maximum Gasteiger partial charge on any atom is 0.253 e. The zero-order valence-corrected chi connectivity index (χ0v) is 14.0. The van der Waals surface area contributed by atoms with E-state index in [9.17, 15) is 18.0 Å². The van der Waals surface area contributed by atoms with Crippen LogP contribution in [-0.2, 0) is 14.6 Å². The summed E-state index contributed by atoms with van der Waals surface area (Å²) in [7, 11) is -3.07. The third kappa shape index (κ3) is 5.35. The molecule has 0 bridgehead atoms. The number of likely N-dealkylation sites (tertiary alicyclic amines) is 1. The highest BCUT2D eigenvalue weighted by atomic mass is 32.2. The van der Waals surface area contributed by atoms with E-state index in [-0.39, 0.29) is 30.0 Å². The van der Waals surface area contributed by atoms with Crippen molar-refractivity contribution in [2.24, 2.45) is 5.92 Å². The van der Waals surface area contributed by atoms with Gasteiger partial charge in [0.05, 0.1) is 5.75 Å². The molecule has 1 aromatic rings. The number of amides is 2. The molecule has 6 nitrogen and oxygen atoms in total. The summed E-state index contributed by atoms with van der Waals surface area (Å²) in [6.45, 7) is 1.22. The molecular weight excluding hydrogens is 316 g/mol. The van der Waals surface area contributed by atoms with Crippen LogP contribution in [0.3, 0.4) is 0 Å². The number of nitrogens with zero attached hydrogens (tertiary/aromatic N) is 1. The second-order valence-corrected chi connectivity index (χ2v) is 8.11. The van der Waals surface area contributed by atoms with E-state index in [0.717, 1.165) is 6.26 Å². The van der Waals surface area contributed by atoms with Gasteiger partial charge < -0.3 is 10.2 Å². The van der Waals surface area contributed by atoms with Gasteiger partial charge >= 0.3 is 0 Å². The van der Waals surface area contributed by atoms with Gasteiger partial charge in [-0.25, -0.2) is 8.42 Å². The third-order valence-electron chi connectivity index (χ3n) is 3.95. The molecule has 1 aliphatic heterocycles. The fraction of sp³-hybridized carbons (Fsp3) is 0.500. The van der Waals surface area contributed by atoms with Gasteiger partial charge in [-0.05, 0) is 25.0 Å². The zero-order chi connectivity index (χ0) is 16.9. The highest BCUT2D eigenvalue weighted by Gasteiger charge is 2.27. The van der Waals surface area contributed by atoms with Gasteiger partial charge in [0.2, 0.25) is 5.91 Å². The van der Waals surface area contributed by atoms with Gasteiger partial charge in [-0.3, -0.25) is 9.59 Å². The van der Waals surface area contributed by atoms with Crippen LogP contribution < -0.4 is 5.32 Å². The predicted molar refractivity (Wildman–Crippen MR) is 87.8 cm³/mol. The molecule has 0 atom stereocenters. The second kappa shape index (κ2) is 7.59. The molecular formula is C16H22N2O4S. The monoisotopic (exact) mass is 338 g/mol. The van der Waals surface area contributed by atoms with Gasteiger partial charge in [0.15, 0.2) is 0 Å². The lowest BCUT2D eigenvalue weighted by Crippen LogP contribution is -2.43. The number of piperidine rings is 1. The molecule has 1 fully saturated rings. The molecule has 1 heterocycles. The van der Waals surface area contributed by atoms with Crippen LogP contribution in [0.5, 0.6) is 0 Å². The third-order valence-corrected chi connectivity index (χ3v) is 4.89. The normalized spacial score (nSPS) is 16.1. The molecule has 1 aliphatic rings. The second-order valence-electron chi connectivity index (χ2n) is 5.85. The van der Waals surface area contributed by atoms with Crippen molar-refractivity contribution in [2.45, 2.75) is 12.8 Å². The fourth-order valence-corrected chi connectivity index (χ4v) is 3.08. The molecule has 0 aliphatic carbocycles. The summed E-state index contributed by atoms with van der Waals surface area (Å²) in [5, 5.41) is 2.66. The Balaban J connectivity index is 1.79. The fourth-order valence-electron chi connectivity index (χ4n) is 2.61. The summed E-state index contributed by atoms with van der Waals surface area (Å²) in [5.41, 5.74) is 0.656. The topological polar surface area (TPSA) is 83.6 Å². The summed E-state index contributed by atoms with van der Waals surface area (Å²) in [5.74, 6) is -0.347. The number of hydrogen-bond donors (Lipinski definition) is 1. The first-order chi connectivity index (χ1) is 10.9. The van der Waals surface area contributed by atoms with E-state index in [1.165, 1.54) is 0 Å². The molecule has 2 amide bonds. The van der Waals surface area contributed by atoms with Crippen LogP contribution >= 0.6 is 0 Å². The summed E-state index contributed by atoms with van der Waals surface area (Å²) in [6, 6.07) is 9.09. The van der Waals surface area contributed by atoms with Gasteiger partial charge in [0, 0.05) is 37.4 Å². The zero-order valence-electron chi connectivity index (χ0n) is 13.2. The van der Waals surface area contributed by atoms with Crippen LogP contribution in [0.1, 0.15) is 23.2 Å². The summed E-state index contributed by atoms with van der Waals surface area (Å²) in [6.07, 6.45) is 2.35. The Labute approximate surface area is 136 Å². The molecule has 1 N–H and O–H groups in total. The van der Waals surface area contributed by atoms with Gasteiger partial charge in [-0.1, -0.05) is 18.2 Å². The van der Waals surface area contributed by atoms with E-state index in [1.54, 1.807) is 17.0 Å². The Morgan fingerprint density at radius 3 is 2.35 bits per heavy atom. The Bertz CT molecular complexity index is 650. The number of benzene rings is 1. The molecule has 7 heteroatoms. The Hall–Kier alpha value is -1.89. The van der Waals surface area contributed by atoms with Crippen LogP contribution in [0.4, 0.5) is 0 Å². The lowest BCUT2D eigenvalue weighted by molar-refractivity contribution is -0.126. The van der Waals surface area contributed by atoms with Crippen molar-refractivity contribution in [1.82, 2.24) is 10.2 Å². The van der Waals surface area contributed by atoms with E-state index < -0.39 is 9.84 Å². The Morgan fingerprint density at radius 2 is 1.78 bits per heavy atom. The molecule has 0 aromatic heterocycles. The average Bonchev–Trinajstić information content (AvgIpc) is 2.54. The van der Waals surface area contributed by atoms with E-state index in [2.05, 4.69) is 5.32 Å². The highest BCUT2D eigenvalue weighted by Crippen LogP contribution is 2.19. The molecule has 0 saturated carbocycles. The van der Waals surface area contributed by atoms with Crippen LogP contribution in [0.2, 0.25) is 0 Å². The first-order valence-corrected chi connectivity index (χ1v) is 9.72. The van der Waals surface area contributed by atoms with Gasteiger partial charge in [-0.15, -0.1) is 0 Å². The Kier molecular flexibility index (Phi) is 5.76. The molecule has 0 radical (unpaired) electrons.